The molecule has 5 nitrogen and oxygen atoms in total. The molecule has 0 heterocycles. The largest absolute Gasteiger partial charge is 0.469 e. The molecule has 0 aliphatic carbocycles. The van der Waals surface area contributed by atoms with Crippen LogP contribution in [-0.4, -0.2) is 47.2 Å². The minimum Gasteiger partial charge on any atom is -0.469 e. The monoisotopic (exact) mass is 192 g/mol. The molecule has 0 bridgehead atoms. The zero-order valence-corrected chi connectivity index (χ0v) is 7.64. The van der Waals surface area contributed by atoms with Gasteiger partial charge in [0.2, 0.25) is 0 Å². The number of aliphatic hydroxyl groups excluding tert-OH is 3. The topological polar surface area (TPSA) is 87.0 Å². The second-order valence-electron chi connectivity index (χ2n) is 2.79. The van der Waals surface area contributed by atoms with Crippen molar-refractivity contribution < 1.29 is 24.9 Å². The highest BCUT2D eigenvalue weighted by Crippen LogP contribution is 2.05. The number of hydrogen-bond acceptors (Lipinski definition) is 5. The van der Waals surface area contributed by atoms with E-state index in [1.54, 1.807) is 0 Å². The van der Waals surface area contributed by atoms with Crippen LogP contribution in [0.15, 0.2) is 0 Å². The quantitative estimate of drug-likeness (QED) is 0.472. The summed E-state index contributed by atoms with van der Waals surface area (Å²) in [6.07, 6.45) is -1.18. The highest BCUT2D eigenvalue weighted by atomic mass is 16.5. The van der Waals surface area contributed by atoms with E-state index in [1.165, 1.54) is 7.11 Å². The molecule has 5 heteroatoms. The van der Waals surface area contributed by atoms with Crippen molar-refractivity contribution >= 4 is 5.97 Å². The fourth-order valence-electron chi connectivity index (χ4n) is 0.872. The molecular formula is C8H16O5. The first-order valence-corrected chi connectivity index (χ1v) is 4.15. The maximum Gasteiger partial charge on any atom is 0.305 e. The summed E-state index contributed by atoms with van der Waals surface area (Å²) in [5, 5.41) is 26.5. The molecule has 0 aliphatic rings. The molecule has 0 rings (SSSR count). The van der Waals surface area contributed by atoms with E-state index in [0.717, 1.165) is 0 Å². The molecule has 2 atom stereocenters. The van der Waals surface area contributed by atoms with Gasteiger partial charge in [0.05, 0.1) is 19.8 Å². The number of aliphatic hydroxyl groups is 3. The lowest BCUT2D eigenvalue weighted by atomic mass is 10.1. The first-order chi connectivity index (χ1) is 6.11. The Kier molecular flexibility index (Phi) is 6.48. The summed E-state index contributed by atoms with van der Waals surface area (Å²) < 4.78 is 4.39. The van der Waals surface area contributed by atoms with Crippen LogP contribution in [0.25, 0.3) is 0 Å². The standard InChI is InChI=1S/C8H16O5/c1-13-8(12)4-2-3-6(10)7(11)5-9/h6-7,9-11H,2-5H2,1H3. The average Bonchev–Trinajstić information content (AvgIpc) is 2.15. The van der Waals surface area contributed by atoms with Crippen LogP contribution in [0.5, 0.6) is 0 Å². The first-order valence-electron chi connectivity index (χ1n) is 4.15. The van der Waals surface area contributed by atoms with Crippen LogP contribution >= 0.6 is 0 Å². The molecule has 0 amide bonds. The number of ether oxygens (including phenoxy) is 1. The van der Waals surface area contributed by atoms with E-state index < -0.39 is 18.8 Å². The summed E-state index contributed by atoms with van der Waals surface area (Å²) in [7, 11) is 1.29. The number of carbonyl (C=O) groups is 1. The molecule has 0 spiro atoms. The van der Waals surface area contributed by atoms with Crippen molar-refractivity contribution in [2.45, 2.75) is 31.5 Å². The summed E-state index contributed by atoms with van der Waals surface area (Å²) >= 11 is 0. The van der Waals surface area contributed by atoms with Crippen molar-refractivity contribution in [2.24, 2.45) is 0 Å². The van der Waals surface area contributed by atoms with E-state index >= 15 is 0 Å². The smallest absolute Gasteiger partial charge is 0.305 e. The second kappa shape index (κ2) is 6.82. The molecule has 0 aromatic carbocycles. The lowest BCUT2D eigenvalue weighted by Crippen LogP contribution is -2.29. The van der Waals surface area contributed by atoms with E-state index in [0.29, 0.717) is 6.42 Å². The van der Waals surface area contributed by atoms with Gasteiger partial charge in [-0.05, 0) is 12.8 Å². The fraction of sp³-hybridized carbons (Fsp3) is 0.875. The number of rotatable bonds is 6. The van der Waals surface area contributed by atoms with Crippen LogP contribution in [-0.2, 0) is 9.53 Å². The Morgan fingerprint density at radius 2 is 2.00 bits per heavy atom. The van der Waals surface area contributed by atoms with E-state index in [2.05, 4.69) is 4.74 Å². The molecule has 3 N–H and O–H groups in total. The molecule has 0 aliphatic heterocycles. The molecule has 0 aromatic rings. The third-order valence-corrected chi connectivity index (χ3v) is 1.74. The van der Waals surface area contributed by atoms with Crippen molar-refractivity contribution in [3.05, 3.63) is 0 Å². The summed E-state index contributed by atoms with van der Waals surface area (Å²) in [5.41, 5.74) is 0. The highest BCUT2D eigenvalue weighted by Gasteiger charge is 2.14. The van der Waals surface area contributed by atoms with Gasteiger partial charge in [-0.1, -0.05) is 0 Å². The summed E-state index contributed by atoms with van der Waals surface area (Å²) in [4.78, 5) is 10.6. The summed E-state index contributed by atoms with van der Waals surface area (Å²) in [6, 6.07) is 0. The molecule has 0 aromatic heterocycles. The van der Waals surface area contributed by atoms with Crippen molar-refractivity contribution in [3.8, 4) is 0 Å². The van der Waals surface area contributed by atoms with Gasteiger partial charge in [-0.3, -0.25) is 4.79 Å². The number of carbonyl (C=O) groups excluding carboxylic acids is 1. The minimum atomic E-state index is -1.13. The van der Waals surface area contributed by atoms with Gasteiger partial charge in [-0.25, -0.2) is 0 Å². The van der Waals surface area contributed by atoms with Crippen LogP contribution in [0.2, 0.25) is 0 Å². The summed E-state index contributed by atoms with van der Waals surface area (Å²) in [6.45, 7) is -0.473. The average molecular weight is 192 g/mol. The van der Waals surface area contributed by atoms with E-state index in [1.807, 2.05) is 0 Å². The van der Waals surface area contributed by atoms with Crippen molar-refractivity contribution in [1.82, 2.24) is 0 Å². The highest BCUT2D eigenvalue weighted by molar-refractivity contribution is 5.68. The normalized spacial score (nSPS) is 15.1. The number of hydrogen-bond donors (Lipinski definition) is 3. The number of esters is 1. The van der Waals surface area contributed by atoms with Gasteiger partial charge in [0, 0.05) is 6.42 Å². The van der Waals surface area contributed by atoms with Gasteiger partial charge in [0.25, 0.3) is 0 Å². The van der Waals surface area contributed by atoms with Crippen molar-refractivity contribution in [1.29, 1.82) is 0 Å². The van der Waals surface area contributed by atoms with Crippen LogP contribution in [0.3, 0.4) is 0 Å². The van der Waals surface area contributed by atoms with Gasteiger partial charge < -0.3 is 20.1 Å². The van der Waals surface area contributed by atoms with Crippen LogP contribution in [0.1, 0.15) is 19.3 Å². The molecule has 0 fully saturated rings. The maximum atomic E-state index is 10.6. The third-order valence-electron chi connectivity index (χ3n) is 1.74. The van der Waals surface area contributed by atoms with Gasteiger partial charge in [-0.15, -0.1) is 0 Å². The van der Waals surface area contributed by atoms with Gasteiger partial charge in [0.1, 0.15) is 6.10 Å². The molecule has 13 heavy (non-hydrogen) atoms. The Morgan fingerprint density at radius 3 is 2.46 bits per heavy atom. The molecule has 78 valence electrons. The lowest BCUT2D eigenvalue weighted by Gasteiger charge is -2.14. The fourth-order valence-corrected chi connectivity index (χ4v) is 0.872. The van der Waals surface area contributed by atoms with E-state index in [-0.39, 0.29) is 18.8 Å². The molecule has 0 saturated heterocycles. The van der Waals surface area contributed by atoms with E-state index in [9.17, 15) is 4.79 Å². The van der Waals surface area contributed by atoms with Gasteiger partial charge in [0.15, 0.2) is 0 Å². The van der Waals surface area contributed by atoms with E-state index in [4.69, 9.17) is 15.3 Å². The van der Waals surface area contributed by atoms with Crippen LogP contribution in [0.4, 0.5) is 0 Å². The SMILES string of the molecule is COC(=O)CCCC(O)C(O)CO. The number of methoxy groups -OCH3 is 1. The maximum absolute atomic E-state index is 10.6. The third kappa shape index (κ3) is 5.57. The van der Waals surface area contributed by atoms with Crippen molar-refractivity contribution in [3.63, 3.8) is 0 Å². The zero-order valence-electron chi connectivity index (χ0n) is 7.64. The Balaban J connectivity index is 3.47. The first kappa shape index (κ1) is 12.3. The van der Waals surface area contributed by atoms with Crippen LogP contribution in [0, 0.1) is 0 Å². The lowest BCUT2D eigenvalue weighted by molar-refractivity contribution is -0.140. The minimum absolute atomic E-state index is 0.214. The van der Waals surface area contributed by atoms with Gasteiger partial charge in [-0.2, -0.15) is 0 Å². The predicted molar refractivity (Wildman–Crippen MR) is 45.0 cm³/mol. The zero-order chi connectivity index (χ0) is 10.3. The molecule has 0 saturated carbocycles. The van der Waals surface area contributed by atoms with Gasteiger partial charge >= 0.3 is 5.97 Å². The summed E-state index contributed by atoms with van der Waals surface area (Å²) in [5.74, 6) is -0.342. The molecular weight excluding hydrogens is 176 g/mol. The molecule has 2 unspecified atom stereocenters. The Hall–Kier alpha value is -0.650. The Morgan fingerprint density at radius 1 is 1.38 bits per heavy atom. The Labute approximate surface area is 77.0 Å². The predicted octanol–water partition coefficient (Wildman–Crippen LogP) is -0.956. The molecule has 0 radical (unpaired) electrons. The van der Waals surface area contributed by atoms with Crippen LogP contribution < -0.4 is 0 Å². The van der Waals surface area contributed by atoms with Crippen molar-refractivity contribution in [2.75, 3.05) is 13.7 Å². The second-order valence-corrected chi connectivity index (χ2v) is 2.79. The Bertz CT molecular complexity index is 147.